The summed E-state index contributed by atoms with van der Waals surface area (Å²) in [6.07, 6.45) is 0.449. The fourth-order valence-electron chi connectivity index (χ4n) is 1.72. The second kappa shape index (κ2) is 7.96. The second-order valence-electron chi connectivity index (χ2n) is 4.33. The number of hydrogen-bond donors (Lipinski definition) is 1. The highest BCUT2D eigenvalue weighted by atomic mass is 35.5. The molecule has 0 fully saturated rings. The first-order valence-corrected chi connectivity index (χ1v) is 7.86. The van der Waals surface area contributed by atoms with Gasteiger partial charge < -0.3 is 10.1 Å². The summed E-state index contributed by atoms with van der Waals surface area (Å²) in [6.45, 7) is 0. The van der Waals surface area contributed by atoms with Crippen LogP contribution in [0, 0.1) is 0 Å². The summed E-state index contributed by atoms with van der Waals surface area (Å²) < 4.78 is 5.12. The lowest BCUT2D eigenvalue weighted by Crippen LogP contribution is -2.12. The van der Waals surface area contributed by atoms with Gasteiger partial charge in [0.1, 0.15) is 5.75 Å². The zero-order valence-corrected chi connectivity index (χ0v) is 13.2. The first kappa shape index (κ1) is 15.7. The Labute approximate surface area is 133 Å². The smallest absolute Gasteiger partial charge is 0.225 e. The van der Waals surface area contributed by atoms with Gasteiger partial charge in [0.15, 0.2) is 0 Å². The lowest BCUT2D eigenvalue weighted by atomic mass is 10.3. The maximum atomic E-state index is 11.9. The number of anilines is 1. The Morgan fingerprint density at radius 2 is 2.00 bits per heavy atom. The number of thioether (sulfide) groups is 1. The lowest BCUT2D eigenvalue weighted by molar-refractivity contribution is -0.115. The van der Waals surface area contributed by atoms with Crippen molar-refractivity contribution in [2.24, 2.45) is 0 Å². The minimum atomic E-state index is -0.00952. The fourth-order valence-corrected chi connectivity index (χ4v) is 2.69. The van der Waals surface area contributed by atoms with E-state index < -0.39 is 0 Å². The van der Waals surface area contributed by atoms with E-state index in [0.717, 1.165) is 27.1 Å². The molecule has 2 rings (SSSR count). The molecule has 0 saturated carbocycles. The molecule has 2 aromatic rings. The SMILES string of the molecule is COc1cccc(NC(=O)CCSc2ccc(Cl)cc2)c1. The molecule has 0 aliphatic carbocycles. The Bertz CT molecular complexity index is 601. The monoisotopic (exact) mass is 321 g/mol. The molecule has 3 nitrogen and oxygen atoms in total. The van der Waals surface area contributed by atoms with Crippen LogP contribution in [0.2, 0.25) is 5.02 Å². The van der Waals surface area contributed by atoms with Crippen molar-refractivity contribution in [1.29, 1.82) is 0 Å². The van der Waals surface area contributed by atoms with E-state index in [9.17, 15) is 4.79 Å². The summed E-state index contributed by atoms with van der Waals surface area (Å²) in [6, 6.07) is 14.9. The van der Waals surface area contributed by atoms with Crippen LogP contribution in [0.25, 0.3) is 0 Å². The summed E-state index contributed by atoms with van der Waals surface area (Å²) in [5, 5.41) is 3.58. The molecular weight excluding hydrogens is 306 g/mol. The lowest BCUT2D eigenvalue weighted by Gasteiger charge is -2.07. The summed E-state index contributed by atoms with van der Waals surface area (Å²) >= 11 is 7.46. The van der Waals surface area contributed by atoms with E-state index in [0.29, 0.717) is 6.42 Å². The first-order valence-electron chi connectivity index (χ1n) is 6.49. The van der Waals surface area contributed by atoms with Gasteiger partial charge in [0.2, 0.25) is 5.91 Å². The summed E-state index contributed by atoms with van der Waals surface area (Å²) in [7, 11) is 1.60. The maximum Gasteiger partial charge on any atom is 0.225 e. The minimum absolute atomic E-state index is 0.00952. The fraction of sp³-hybridized carbons (Fsp3) is 0.188. The predicted octanol–water partition coefficient (Wildman–Crippen LogP) is 4.47. The molecule has 0 aliphatic heterocycles. The van der Waals surface area contributed by atoms with Crippen LogP contribution in [0.15, 0.2) is 53.4 Å². The summed E-state index contributed by atoms with van der Waals surface area (Å²) in [4.78, 5) is 13.0. The molecule has 0 bridgehead atoms. The van der Waals surface area contributed by atoms with Gasteiger partial charge >= 0.3 is 0 Å². The predicted molar refractivity (Wildman–Crippen MR) is 88.4 cm³/mol. The molecule has 0 atom stereocenters. The molecule has 1 amide bonds. The van der Waals surface area contributed by atoms with Crippen molar-refractivity contribution in [2.45, 2.75) is 11.3 Å². The van der Waals surface area contributed by atoms with Crippen LogP contribution in [0.4, 0.5) is 5.69 Å². The number of ether oxygens (including phenoxy) is 1. The zero-order chi connectivity index (χ0) is 15.1. The molecule has 110 valence electrons. The standard InChI is InChI=1S/C16H16ClNO2S/c1-20-14-4-2-3-13(11-14)18-16(19)9-10-21-15-7-5-12(17)6-8-15/h2-8,11H,9-10H2,1H3,(H,18,19). The molecular formula is C16H16ClNO2S. The second-order valence-corrected chi connectivity index (χ2v) is 5.94. The van der Waals surface area contributed by atoms with Gasteiger partial charge in [0.25, 0.3) is 0 Å². The number of amides is 1. The molecule has 1 N–H and O–H groups in total. The molecule has 0 aliphatic rings. The summed E-state index contributed by atoms with van der Waals surface area (Å²) in [5.74, 6) is 1.44. The minimum Gasteiger partial charge on any atom is -0.497 e. The molecule has 0 aromatic heterocycles. The van der Waals surface area contributed by atoms with Crippen LogP contribution in [0.5, 0.6) is 5.75 Å². The van der Waals surface area contributed by atoms with Gasteiger partial charge in [-0.05, 0) is 36.4 Å². The molecule has 21 heavy (non-hydrogen) atoms. The highest BCUT2D eigenvalue weighted by molar-refractivity contribution is 7.99. The third kappa shape index (κ3) is 5.33. The van der Waals surface area contributed by atoms with E-state index in [-0.39, 0.29) is 5.91 Å². The van der Waals surface area contributed by atoms with E-state index in [4.69, 9.17) is 16.3 Å². The van der Waals surface area contributed by atoms with Gasteiger partial charge in [-0.3, -0.25) is 4.79 Å². The number of carbonyl (C=O) groups excluding carboxylic acids is 1. The van der Waals surface area contributed by atoms with E-state index in [1.54, 1.807) is 24.9 Å². The molecule has 0 radical (unpaired) electrons. The van der Waals surface area contributed by atoms with E-state index in [2.05, 4.69) is 5.32 Å². The van der Waals surface area contributed by atoms with Crippen LogP contribution in [-0.2, 0) is 4.79 Å². The Morgan fingerprint density at radius 3 is 2.71 bits per heavy atom. The number of rotatable bonds is 6. The third-order valence-electron chi connectivity index (χ3n) is 2.76. The van der Waals surface area contributed by atoms with Crippen molar-refractivity contribution >= 4 is 35.0 Å². The first-order chi connectivity index (χ1) is 10.2. The van der Waals surface area contributed by atoms with Gasteiger partial charge in [-0.1, -0.05) is 17.7 Å². The van der Waals surface area contributed by atoms with Gasteiger partial charge in [0.05, 0.1) is 7.11 Å². The van der Waals surface area contributed by atoms with Crippen LogP contribution >= 0.6 is 23.4 Å². The van der Waals surface area contributed by atoms with Gasteiger partial charge in [-0.15, -0.1) is 11.8 Å². The van der Waals surface area contributed by atoms with E-state index >= 15 is 0 Å². The van der Waals surface area contributed by atoms with Crippen LogP contribution in [0.3, 0.4) is 0 Å². The van der Waals surface area contributed by atoms with Crippen molar-refractivity contribution in [1.82, 2.24) is 0 Å². The number of methoxy groups -OCH3 is 1. The average molecular weight is 322 g/mol. The van der Waals surface area contributed by atoms with Crippen molar-refractivity contribution in [3.05, 3.63) is 53.6 Å². The highest BCUT2D eigenvalue weighted by Gasteiger charge is 2.04. The van der Waals surface area contributed by atoms with E-state index in [1.807, 2.05) is 42.5 Å². The number of halogens is 1. The van der Waals surface area contributed by atoms with Gasteiger partial charge in [-0.25, -0.2) is 0 Å². The topological polar surface area (TPSA) is 38.3 Å². The molecule has 5 heteroatoms. The maximum absolute atomic E-state index is 11.9. The number of benzene rings is 2. The van der Waals surface area contributed by atoms with Gasteiger partial charge in [-0.2, -0.15) is 0 Å². The number of carbonyl (C=O) groups is 1. The Morgan fingerprint density at radius 1 is 1.24 bits per heavy atom. The largest absolute Gasteiger partial charge is 0.497 e. The molecule has 2 aromatic carbocycles. The van der Waals surface area contributed by atoms with Crippen LogP contribution in [-0.4, -0.2) is 18.8 Å². The highest BCUT2D eigenvalue weighted by Crippen LogP contribution is 2.21. The third-order valence-corrected chi connectivity index (χ3v) is 4.03. The summed E-state index contributed by atoms with van der Waals surface area (Å²) in [5.41, 5.74) is 0.746. The Kier molecular flexibility index (Phi) is 5.96. The van der Waals surface area contributed by atoms with Crippen LogP contribution < -0.4 is 10.1 Å². The average Bonchev–Trinajstić information content (AvgIpc) is 2.49. The van der Waals surface area contributed by atoms with Gasteiger partial charge in [0, 0.05) is 33.8 Å². The molecule has 0 heterocycles. The molecule has 0 saturated heterocycles. The van der Waals surface area contributed by atoms with Crippen molar-refractivity contribution in [2.75, 3.05) is 18.2 Å². The van der Waals surface area contributed by atoms with Crippen molar-refractivity contribution in [3.8, 4) is 5.75 Å². The Balaban J connectivity index is 1.78. The number of hydrogen-bond acceptors (Lipinski definition) is 3. The molecule has 0 spiro atoms. The normalized spacial score (nSPS) is 10.2. The Hall–Kier alpha value is -1.65. The van der Waals surface area contributed by atoms with Crippen LogP contribution in [0.1, 0.15) is 6.42 Å². The molecule has 0 unspecified atom stereocenters. The quantitative estimate of drug-likeness (QED) is 0.798. The van der Waals surface area contributed by atoms with E-state index in [1.165, 1.54) is 0 Å². The zero-order valence-electron chi connectivity index (χ0n) is 11.6. The number of nitrogens with one attached hydrogen (secondary N) is 1. The van der Waals surface area contributed by atoms with Crippen molar-refractivity contribution < 1.29 is 9.53 Å². The van der Waals surface area contributed by atoms with Crippen molar-refractivity contribution in [3.63, 3.8) is 0 Å².